The van der Waals surface area contributed by atoms with Gasteiger partial charge in [-0.2, -0.15) is 13.2 Å². The minimum Gasteiger partial charge on any atom is -0.333 e. The van der Waals surface area contributed by atoms with E-state index in [0.717, 1.165) is 16.2 Å². The zero-order valence-corrected chi connectivity index (χ0v) is 12.8. The fraction of sp³-hybridized carbons (Fsp3) is 0.545. The maximum absolute atomic E-state index is 12.4. The van der Waals surface area contributed by atoms with Gasteiger partial charge in [0.1, 0.15) is 10.8 Å². The van der Waals surface area contributed by atoms with Crippen molar-refractivity contribution in [1.82, 2.24) is 4.90 Å². The number of rotatable bonds is 6. The van der Waals surface area contributed by atoms with E-state index in [-0.39, 0.29) is 17.2 Å². The van der Waals surface area contributed by atoms with E-state index < -0.39 is 28.7 Å². The second kappa shape index (κ2) is 6.75. The highest BCUT2D eigenvalue weighted by Gasteiger charge is 2.32. The molecule has 0 aliphatic heterocycles. The number of halogens is 3. The van der Waals surface area contributed by atoms with Gasteiger partial charge in [-0.3, -0.25) is 4.79 Å². The van der Waals surface area contributed by atoms with Crippen molar-refractivity contribution in [2.75, 3.05) is 13.1 Å². The van der Waals surface area contributed by atoms with Gasteiger partial charge in [-0.15, -0.1) is 11.3 Å². The molecule has 0 spiro atoms. The van der Waals surface area contributed by atoms with Gasteiger partial charge in [-0.25, -0.2) is 13.6 Å². The van der Waals surface area contributed by atoms with Crippen LogP contribution >= 0.6 is 11.3 Å². The first-order valence-corrected chi connectivity index (χ1v) is 8.35. The zero-order chi connectivity index (χ0) is 16.3. The van der Waals surface area contributed by atoms with E-state index in [1.165, 1.54) is 12.1 Å². The molecule has 10 heteroatoms. The Morgan fingerprint density at radius 3 is 2.43 bits per heavy atom. The van der Waals surface area contributed by atoms with Crippen molar-refractivity contribution in [2.45, 2.75) is 30.2 Å². The molecule has 21 heavy (non-hydrogen) atoms. The van der Waals surface area contributed by atoms with Crippen molar-refractivity contribution >= 4 is 27.3 Å². The summed E-state index contributed by atoms with van der Waals surface area (Å²) in [6.45, 7) is 0.347. The summed E-state index contributed by atoms with van der Waals surface area (Å²) >= 11 is 0.780. The number of carbonyl (C=O) groups excluding carboxylic acids is 1. The Morgan fingerprint density at radius 1 is 1.38 bits per heavy atom. The molecule has 0 saturated heterocycles. The monoisotopic (exact) mass is 344 g/mol. The second-order valence-electron chi connectivity index (χ2n) is 4.37. The largest absolute Gasteiger partial charge is 0.406 e. The zero-order valence-electron chi connectivity index (χ0n) is 11.2. The molecule has 0 fully saturated rings. The number of amides is 1. The van der Waals surface area contributed by atoms with E-state index in [0.29, 0.717) is 11.3 Å². The SMILES string of the molecule is CCCN(CC(F)(F)F)C(=O)Cc1ccc(S(N)(=O)=O)s1. The molecule has 0 aliphatic carbocycles. The topological polar surface area (TPSA) is 80.5 Å². The van der Waals surface area contributed by atoms with Crippen LogP contribution in [-0.4, -0.2) is 38.5 Å². The van der Waals surface area contributed by atoms with Crippen molar-refractivity contribution < 1.29 is 26.4 Å². The highest BCUT2D eigenvalue weighted by molar-refractivity contribution is 7.91. The number of hydrogen-bond acceptors (Lipinski definition) is 4. The van der Waals surface area contributed by atoms with E-state index in [4.69, 9.17) is 5.14 Å². The minimum absolute atomic E-state index is 0.00817. The average Bonchev–Trinajstić information content (AvgIpc) is 2.74. The fourth-order valence-corrected chi connectivity index (χ4v) is 3.41. The number of nitrogens with two attached hydrogens (primary N) is 1. The lowest BCUT2D eigenvalue weighted by Gasteiger charge is -2.23. The summed E-state index contributed by atoms with van der Waals surface area (Å²) < 4.78 is 59.3. The fourth-order valence-electron chi connectivity index (χ4n) is 1.65. The maximum Gasteiger partial charge on any atom is 0.406 e. The highest BCUT2D eigenvalue weighted by Crippen LogP contribution is 2.22. The third kappa shape index (κ3) is 6.02. The van der Waals surface area contributed by atoms with Crippen LogP contribution in [0.4, 0.5) is 13.2 Å². The van der Waals surface area contributed by atoms with Crippen LogP contribution in [0.25, 0.3) is 0 Å². The number of primary sulfonamides is 1. The number of alkyl halides is 3. The van der Waals surface area contributed by atoms with Gasteiger partial charge >= 0.3 is 6.18 Å². The summed E-state index contributed by atoms with van der Waals surface area (Å²) in [6, 6.07) is 2.61. The van der Waals surface area contributed by atoms with Crippen LogP contribution < -0.4 is 5.14 Å². The Kier molecular flexibility index (Phi) is 5.76. The lowest BCUT2D eigenvalue weighted by atomic mass is 10.3. The molecule has 2 N–H and O–H groups in total. The molecular formula is C11H15F3N2O3S2. The van der Waals surface area contributed by atoms with Gasteiger partial charge in [0.15, 0.2) is 0 Å². The predicted molar refractivity (Wildman–Crippen MR) is 72.3 cm³/mol. The smallest absolute Gasteiger partial charge is 0.333 e. The van der Waals surface area contributed by atoms with E-state index in [1.807, 2.05) is 0 Å². The standard InChI is InChI=1S/C11H15F3N2O3S2/c1-2-5-16(7-11(12,13)14)9(17)6-8-3-4-10(20-8)21(15,18)19/h3-4H,2,5-7H2,1H3,(H2,15,18,19). The normalized spacial score (nSPS) is 12.4. The summed E-state index contributed by atoms with van der Waals surface area (Å²) in [5.74, 6) is -0.697. The molecule has 1 heterocycles. The first-order valence-electron chi connectivity index (χ1n) is 5.99. The van der Waals surface area contributed by atoms with Gasteiger partial charge in [0.05, 0.1) is 6.42 Å². The maximum atomic E-state index is 12.4. The van der Waals surface area contributed by atoms with Gasteiger partial charge in [-0.05, 0) is 18.6 Å². The van der Waals surface area contributed by atoms with E-state index in [9.17, 15) is 26.4 Å². The van der Waals surface area contributed by atoms with Crippen molar-refractivity contribution in [3.63, 3.8) is 0 Å². The Labute approximate surface area is 124 Å². The second-order valence-corrected chi connectivity index (χ2v) is 7.33. The molecule has 1 aromatic heterocycles. The Balaban J connectivity index is 2.79. The third-order valence-electron chi connectivity index (χ3n) is 2.46. The van der Waals surface area contributed by atoms with Crippen LogP contribution in [0.1, 0.15) is 18.2 Å². The summed E-state index contributed by atoms with van der Waals surface area (Å²) in [5, 5.41) is 4.93. The summed E-state index contributed by atoms with van der Waals surface area (Å²) in [4.78, 5) is 13.0. The first kappa shape index (κ1) is 17.9. The summed E-state index contributed by atoms with van der Waals surface area (Å²) in [5.41, 5.74) is 0. The van der Waals surface area contributed by atoms with Gasteiger partial charge in [0.25, 0.3) is 0 Å². The van der Waals surface area contributed by atoms with Crippen LogP contribution in [-0.2, 0) is 21.2 Å². The van der Waals surface area contributed by atoms with Crippen molar-refractivity contribution in [2.24, 2.45) is 5.14 Å². The molecular weight excluding hydrogens is 329 g/mol. The molecule has 5 nitrogen and oxygen atoms in total. The highest BCUT2D eigenvalue weighted by atomic mass is 32.2. The number of carbonyl (C=O) groups is 1. The molecule has 0 saturated carbocycles. The van der Waals surface area contributed by atoms with E-state index in [2.05, 4.69) is 0 Å². The number of hydrogen-bond donors (Lipinski definition) is 1. The molecule has 0 radical (unpaired) electrons. The molecule has 1 amide bonds. The number of nitrogens with zero attached hydrogens (tertiary/aromatic N) is 1. The van der Waals surface area contributed by atoms with Gasteiger partial charge < -0.3 is 4.90 Å². The molecule has 0 aliphatic rings. The van der Waals surface area contributed by atoms with Crippen molar-refractivity contribution in [3.8, 4) is 0 Å². The third-order valence-corrected chi connectivity index (χ3v) is 4.98. The van der Waals surface area contributed by atoms with Gasteiger partial charge in [-0.1, -0.05) is 6.92 Å². The predicted octanol–water partition coefficient (Wildman–Crippen LogP) is 1.74. The molecule has 1 aromatic rings. The van der Waals surface area contributed by atoms with Crippen LogP contribution in [0.15, 0.2) is 16.3 Å². The number of sulfonamides is 1. The molecule has 1 rings (SSSR count). The molecule has 0 bridgehead atoms. The quantitative estimate of drug-likeness (QED) is 0.853. The van der Waals surface area contributed by atoms with Gasteiger partial charge in [0.2, 0.25) is 15.9 Å². The molecule has 120 valence electrons. The van der Waals surface area contributed by atoms with Crippen LogP contribution in [0.2, 0.25) is 0 Å². The first-order chi connectivity index (χ1) is 9.53. The van der Waals surface area contributed by atoms with E-state index >= 15 is 0 Å². The summed E-state index contributed by atoms with van der Waals surface area (Å²) in [6.07, 6.45) is -4.35. The Hall–Kier alpha value is -1.13. The van der Waals surface area contributed by atoms with Crippen LogP contribution in [0, 0.1) is 0 Å². The Bertz CT molecular complexity index is 596. The van der Waals surface area contributed by atoms with Gasteiger partial charge in [0, 0.05) is 11.4 Å². The number of thiophene rings is 1. The molecule has 0 aromatic carbocycles. The lowest BCUT2D eigenvalue weighted by Crippen LogP contribution is -2.40. The van der Waals surface area contributed by atoms with E-state index in [1.54, 1.807) is 6.92 Å². The average molecular weight is 344 g/mol. The van der Waals surface area contributed by atoms with Crippen molar-refractivity contribution in [1.29, 1.82) is 0 Å². The van der Waals surface area contributed by atoms with Crippen LogP contribution in [0.5, 0.6) is 0 Å². The van der Waals surface area contributed by atoms with Crippen molar-refractivity contribution in [3.05, 3.63) is 17.0 Å². The molecule has 0 unspecified atom stereocenters. The minimum atomic E-state index is -4.47. The summed E-state index contributed by atoms with van der Waals surface area (Å²) in [7, 11) is -3.86. The lowest BCUT2D eigenvalue weighted by molar-refractivity contribution is -0.160. The molecule has 0 atom stereocenters. The van der Waals surface area contributed by atoms with Crippen LogP contribution in [0.3, 0.4) is 0 Å². The Morgan fingerprint density at radius 2 is 2.00 bits per heavy atom.